The topological polar surface area (TPSA) is 86.8 Å². The molecule has 1 N–H and O–H groups in total. The third-order valence-electron chi connectivity index (χ3n) is 4.93. The average Bonchev–Trinajstić information content (AvgIpc) is 2.70. The number of hydrogen-bond donors (Lipinski definition) is 1. The number of aryl methyl sites for hydroxylation is 1. The predicted molar refractivity (Wildman–Crippen MR) is 123 cm³/mol. The summed E-state index contributed by atoms with van der Waals surface area (Å²) in [5, 5.41) is 2.77. The molecule has 0 saturated carbocycles. The molecule has 174 valence electrons. The van der Waals surface area contributed by atoms with Gasteiger partial charge in [0.05, 0.1) is 11.9 Å². The fourth-order valence-corrected chi connectivity index (χ4v) is 4.12. The van der Waals surface area contributed by atoms with E-state index in [4.69, 9.17) is 0 Å². The molecule has 32 heavy (non-hydrogen) atoms. The van der Waals surface area contributed by atoms with E-state index in [1.54, 1.807) is 52.0 Å². The predicted octanol–water partition coefficient (Wildman–Crippen LogP) is 2.84. The number of nitrogens with one attached hydrogen (secondary N) is 1. The van der Waals surface area contributed by atoms with Crippen LogP contribution < -0.4 is 9.62 Å². The molecule has 9 heteroatoms. The quantitative estimate of drug-likeness (QED) is 0.620. The minimum absolute atomic E-state index is 0.0250. The lowest BCUT2D eigenvalue weighted by Gasteiger charge is -2.32. The summed E-state index contributed by atoms with van der Waals surface area (Å²) in [4.78, 5) is 27.3. The van der Waals surface area contributed by atoms with Gasteiger partial charge in [0, 0.05) is 12.6 Å². The fraction of sp³-hybridized carbons (Fsp3) is 0.391. The Morgan fingerprint density at radius 3 is 2.16 bits per heavy atom. The first kappa shape index (κ1) is 25.3. The van der Waals surface area contributed by atoms with Crippen LogP contribution in [0.5, 0.6) is 0 Å². The SMILES string of the molecule is Cc1ccccc1N(CC(=O)N(Cc1ccc(F)cc1)[C@H](C)C(=O)NC(C)C)S(C)(=O)=O. The number of carbonyl (C=O) groups is 2. The van der Waals surface area contributed by atoms with Crippen molar-refractivity contribution in [2.45, 2.75) is 46.3 Å². The van der Waals surface area contributed by atoms with Crippen molar-refractivity contribution in [3.05, 3.63) is 65.5 Å². The van der Waals surface area contributed by atoms with Crippen LogP contribution in [-0.4, -0.2) is 50.0 Å². The Morgan fingerprint density at radius 1 is 1.03 bits per heavy atom. The Morgan fingerprint density at radius 2 is 1.62 bits per heavy atom. The Kier molecular flexibility index (Phi) is 8.38. The smallest absolute Gasteiger partial charge is 0.244 e. The van der Waals surface area contributed by atoms with Crippen molar-refractivity contribution in [1.29, 1.82) is 0 Å². The summed E-state index contributed by atoms with van der Waals surface area (Å²) in [7, 11) is -3.78. The second-order valence-electron chi connectivity index (χ2n) is 8.04. The zero-order valence-electron chi connectivity index (χ0n) is 19.0. The molecule has 0 aromatic heterocycles. The number of para-hydroxylation sites is 1. The molecule has 1 atom stereocenters. The molecule has 0 spiro atoms. The molecule has 0 aliphatic rings. The van der Waals surface area contributed by atoms with Crippen LogP contribution in [0.4, 0.5) is 10.1 Å². The Labute approximate surface area is 189 Å². The van der Waals surface area contributed by atoms with E-state index in [9.17, 15) is 22.4 Å². The Bertz CT molecular complexity index is 1060. The third kappa shape index (κ3) is 6.78. The monoisotopic (exact) mass is 463 g/mol. The molecule has 2 aromatic rings. The zero-order valence-corrected chi connectivity index (χ0v) is 19.8. The van der Waals surface area contributed by atoms with Gasteiger partial charge in [-0.05, 0) is 57.0 Å². The number of hydrogen-bond acceptors (Lipinski definition) is 4. The zero-order chi connectivity index (χ0) is 24.1. The summed E-state index contributed by atoms with van der Waals surface area (Å²) >= 11 is 0. The van der Waals surface area contributed by atoms with E-state index in [0.29, 0.717) is 16.8 Å². The fourth-order valence-electron chi connectivity index (χ4n) is 3.21. The molecular formula is C23H30FN3O4S. The molecule has 2 aromatic carbocycles. The van der Waals surface area contributed by atoms with Crippen molar-refractivity contribution in [2.75, 3.05) is 17.1 Å². The van der Waals surface area contributed by atoms with E-state index < -0.39 is 34.3 Å². The van der Waals surface area contributed by atoms with Crippen molar-refractivity contribution in [3.8, 4) is 0 Å². The molecule has 0 aliphatic heterocycles. The lowest BCUT2D eigenvalue weighted by Crippen LogP contribution is -2.52. The highest BCUT2D eigenvalue weighted by atomic mass is 32.2. The first-order valence-corrected chi connectivity index (χ1v) is 12.1. The first-order chi connectivity index (χ1) is 14.9. The van der Waals surface area contributed by atoms with E-state index in [2.05, 4.69) is 5.32 Å². The molecular weight excluding hydrogens is 433 g/mol. The van der Waals surface area contributed by atoms with Gasteiger partial charge in [-0.3, -0.25) is 13.9 Å². The molecule has 2 amide bonds. The summed E-state index contributed by atoms with van der Waals surface area (Å²) in [6, 6.07) is 11.5. The number of carbonyl (C=O) groups excluding carboxylic acids is 2. The lowest BCUT2D eigenvalue weighted by molar-refractivity contribution is -0.139. The van der Waals surface area contributed by atoms with Crippen LogP contribution in [0.25, 0.3) is 0 Å². The standard InChI is InChI=1S/C23H30FN3O4S/c1-16(2)25-23(29)18(4)26(14-19-10-12-20(24)13-11-19)22(28)15-27(32(5,30)31)21-9-7-6-8-17(21)3/h6-13,16,18H,14-15H2,1-5H3,(H,25,29)/t18-/m1/s1. The molecule has 7 nitrogen and oxygen atoms in total. The van der Waals surface area contributed by atoms with Crippen molar-refractivity contribution in [1.82, 2.24) is 10.2 Å². The maximum absolute atomic E-state index is 13.4. The molecule has 0 aliphatic carbocycles. The second kappa shape index (κ2) is 10.6. The first-order valence-electron chi connectivity index (χ1n) is 10.3. The van der Waals surface area contributed by atoms with Gasteiger partial charge >= 0.3 is 0 Å². The van der Waals surface area contributed by atoms with Crippen LogP contribution in [0.2, 0.25) is 0 Å². The number of amides is 2. The average molecular weight is 464 g/mol. The number of halogens is 1. The summed E-state index contributed by atoms with van der Waals surface area (Å²) in [6.07, 6.45) is 1.03. The van der Waals surface area contributed by atoms with Gasteiger partial charge in [-0.15, -0.1) is 0 Å². The number of rotatable bonds is 9. The van der Waals surface area contributed by atoms with Crippen LogP contribution >= 0.6 is 0 Å². The number of benzene rings is 2. The lowest BCUT2D eigenvalue weighted by atomic mass is 10.1. The van der Waals surface area contributed by atoms with Gasteiger partial charge in [-0.25, -0.2) is 12.8 Å². The van der Waals surface area contributed by atoms with Gasteiger partial charge in [0.15, 0.2) is 0 Å². The van der Waals surface area contributed by atoms with Crippen molar-refractivity contribution < 1.29 is 22.4 Å². The van der Waals surface area contributed by atoms with Crippen LogP contribution in [0, 0.1) is 12.7 Å². The number of sulfonamides is 1. The second-order valence-corrected chi connectivity index (χ2v) is 9.95. The third-order valence-corrected chi connectivity index (χ3v) is 6.05. The molecule has 0 fully saturated rings. The highest BCUT2D eigenvalue weighted by Gasteiger charge is 2.30. The Hall–Kier alpha value is -2.94. The largest absolute Gasteiger partial charge is 0.352 e. The van der Waals surface area contributed by atoms with Crippen LogP contribution in [-0.2, 0) is 26.2 Å². The van der Waals surface area contributed by atoms with Crippen molar-refractivity contribution in [2.24, 2.45) is 0 Å². The highest BCUT2D eigenvalue weighted by Crippen LogP contribution is 2.23. The van der Waals surface area contributed by atoms with Gasteiger partial charge in [0.1, 0.15) is 18.4 Å². The Balaban J connectivity index is 2.39. The van der Waals surface area contributed by atoms with Crippen LogP contribution in [0.1, 0.15) is 31.9 Å². The summed E-state index contributed by atoms with van der Waals surface area (Å²) < 4.78 is 39.4. The van der Waals surface area contributed by atoms with E-state index in [-0.39, 0.29) is 18.5 Å². The van der Waals surface area contributed by atoms with E-state index >= 15 is 0 Å². The molecule has 0 heterocycles. The summed E-state index contributed by atoms with van der Waals surface area (Å²) in [5.41, 5.74) is 1.71. The minimum atomic E-state index is -3.78. The van der Waals surface area contributed by atoms with Crippen molar-refractivity contribution in [3.63, 3.8) is 0 Å². The normalized spacial score (nSPS) is 12.3. The maximum atomic E-state index is 13.4. The maximum Gasteiger partial charge on any atom is 0.244 e. The van der Waals surface area contributed by atoms with Gasteiger partial charge in [-0.1, -0.05) is 30.3 Å². The highest BCUT2D eigenvalue weighted by molar-refractivity contribution is 7.92. The van der Waals surface area contributed by atoms with Crippen molar-refractivity contribution >= 4 is 27.5 Å². The molecule has 0 radical (unpaired) electrons. The van der Waals surface area contributed by atoms with Gasteiger partial charge in [0.2, 0.25) is 21.8 Å². The minimum Gasteiger partial charge on any atom is -0.352 e. The number of nitrogens with zero attached hydrogens (tertiary/aromatic N) is 2. The summed E-state index contributed by atoms with van der Waals surface area (Å²) in [5.74, 6) is -1.33. The summed E-state index contributed by atoms with van der Waals surface area (Å²) in [6.45, 7) is 6.51. The van der Waals surface area contributed by atoms with E-state index in [1.807, 2.05) is 0 Å². The van der Waals surface area contributed by atoms with E-state index in [0.717, 1.165) is 10.6 Å². The van der Waals surface area contributed by atoms with Crippen LogP contribution in [0.3, 0.4) is 0 Å². The van der Waals surface area contributed by atoms with Gasteiger partial charge < -0.3 is 10.2 Å². The van der Waals surface area contributed by atoms with E-state index in [1.165, 1.54) is 29.2 Å². The van der Waals surface area contributed by atoms with Gasteiger partial charge in [-0.2, -0.15) is 0 Å². The van der Waals surface area contributed by atoms with Crippen LogP contribution in [0.15, 0.2) is 48.5 Å². The molecule has 0 saturated heterocycles. The molecule has 2 rings (SSSR count). The van der Waals surface area contributed by atoms with Gasteiger partial charge in [0.25, 0.3) is 0 Å². The molecule has 0 bridgehead atoms. The number of anilines is 1. The molecule has 0 unspecified atom stereocenters.